The molecule has 0 fully saturated rings. The zero-order chi connectivity index (χ0) is 27.7. The quantitative estimate of drug-likeness (QED) is 0.458. The number of hydrogen-bond acceptors (Lipinski definition) is 8. The number of rotatable bonds is 8. The van der Waals surface area contributed by atoms with Gasteiger partial charge in [0.25, 0.3) is 5.91 Å². The number of fused-ring (bicyclic) bond motifs is 1. The first-order chi connectivity index (χ1) is 17.3. The van der Waals surface area contributed by atoms with Crippen LogP contribution in [0.4, 0.5) is 0 Å². The summed E-state index contributed by atoms with van der Waals surface area (Å²) in [5.74, 6) is 0.451. The summed E-state index contributed by atoms with van der Waals surface area (Å²) in [6.07, 6.45) is 0. The number of ether oxygens (including phenoxy) is 2. The van der Waals surface area contributed by atoms with E-state index in [1.54, 1.807) is 40.4 Å². The zero-order valence-corrected chi connectivity index (χ0v) is 23.0. The minimum absolute atomic E-state index is 0.0654. The molecule has 0 aliphatic carbocycles. The Hall–Kier alpha value is -3.73. The van der Waals surface area contributed by atoms with Gasteiger partial charge in [0.15, 0.2) is 28.6 Å². The van der Waals surface area contributed by atoms with Gasteiger partial charge in [-0.05, 0) is 37.0 Å². The molecule has 200 valence electrons. The normalized spacial score (nSPS) is 12.2. The summed E-state index contributed by atoms with van der Waals surface area (Å²) in [6.45, 7) is 9.52. The molecule has 11 nitrogen and oxygen atoms in total. The molecular formula is C26H36N6O5. The topological polar surface area (TPSA) is 124 Å². The highest BCUT2D eigenvalue weighted by molar-refractivity contribution is 5.97. The number of hydrogen-bond donors (Lipinski definition) is 1. The Morgan fingerprint density at radius 1 is 1.14 bits per heavy atom. The van der Waals surface area contributed by atoms with Crippen molar-refractivity contribution >= 4 is 17.3 Å². The number of nitrogens with zero attached hydrogens (tertiary/aromatic N) is 6. The number of benzene rings is 1. The minimum atomic E-state index is -0.340. The van der Waals surface area contributed by atoms with Gasteiger partial charge in [0.05, 0.1) is 13.7 Å². The highest BCUT2D eigenvalue weighted by Crippen LogP contribution is 2.40. The monoisotopic (exact) mass is 512 g/mol. The number of ketones is 1. The molecular weight excluding hydrogens is 476 g/mol. The maximum atomic E-state index is 13.5. The number of carbonyl (C=O) groups is 2. The smallest absolute Gasteiger partial charge is 0.274 e. The second-order valence-electron chi connectivity index (χ2n) is 10.0. The first-order valence-corrected chi connectivity index (χ1v) is 12.0. The molecule has 0 unspecified atom stereocenters. The molecule has 1 aromatic carbocycles. The van der Waals surface area contributed by atoms with E-state index in [0.29, 0.717) is 39.6 Å². The van der Waals surface area contributed by atoms with Crippen LogP contribution in [0.2, 0.25) is 0 Å². The third-order valence-electron chi connectivity index (χ3n) is 6.13. The Balaban J connectivity index is 2.14. The molecule has 11 heteroatoms. The standard InChI is InChI=1S/C26H36N6O5/c1-15-16(2)23-29-31(25(27-6)32(23)28-21(15)24(35)30(7)8)14-19(34)17-12-18(26(3,4)5)22(36-9)20(13-17)37-11-10-33/h12-13,33H,10-11,14H2,1-9H3. The summed E-state index contributed by atoms with van der Waals surface area (Å²) >= 11 is 0. The Morgan fingerprint density at radius 3 is 2.35 bits per heavy atom. The maximum absolute atomic E-state index is 13.5. The van der Waals surface area contributed by atoms with Gasteiger partial charge in [-0.2, -0.15) is 9.61 Å². The largest absolute Gasteiger partial charge is 0.493 e. The molecule has 37 heavy (non-hydrogen) atoms. The van der Waals surface area contributed by atoms with Crippen molar-refractivity contribution < 1.29 is 24.2 Å². The van der Waals surface area contributed by atoms with E-state index in [4.69, 9.17) is 9.47 Å². The summed E-state index contributed by atoms with van der Waals surface area (Å²) in [7, 11) is 6.47. The van der Waals surface area contributed by atoms with Gasteiger partial charge in [-0.3, -0.25) is 14.6 Å². The molecule has 0 aliphatic heterocycles. The van der Waals surface area contributed by atoms with Crippen LogP contribution in [0.15, 0.2) is 17.1 Å². The van der Waals surface area contributed by atoms with Crippen molar-refractivity contribution in [3.8, 4) is 11.5 Å². The van der Waals surface area contributed by atoms with Crippen molar-refractivity contribution in [2.24, 2.45) is 4.99 Å². The number of aryl methyl sites for hydroxylation is 1. The van der Waals surface area contributed by atoms with Gasteiger partial charge in [0.2, 0.25) is 5.62 Å². The van der Waals surface area contributed by atoms with Crippen molar-refractivity contribution in [1.82, 2.24) is 24.3 Å². The van der Waals surface area contributed by atoms with E-state index >= 15 is 0 Å². The summed E-state index contributed by atoms with van der Waals surface area (Å²) < 4.78 is 14.3. The summed E-state index contributed by atoms with van der Waals surface area (Å²) in [6, 6.07) is 3.42. The third-order valence-corrected chi connectivity index (χ3v) is 6.13. The van der Waals surface area contributed by atoms with Crippen molar-refractivity contribution in [3.05, 3.63) is 45.7 Å². The van der Waals surface area contributed by atoms with Crippen LogP contribution in [-0.2, 0) is 12.0 Å². The van der Waals surface area contributed by atoms with Crippen molar-refractivity contribution in [2.75, 3.05) is 41.5 Å². The molecule has 0 radical (unpaired) electrons. The highest BCUT2D eigenvalue weighted by Gasteiger charge is 2.26. The second-order valence-corrected chi connectivity index (χ2v) is 10.0. The third kappa shape index (κ3) is 5.36. The molecule has 0 atom stereocenters. The Kier molecular flexibility index (Phi) is 8.06. The van der Waals surface area contributed by atoms with E-state index < -0.39 is 0 Å². The van der Waals surface area contributed by atoms with Crippen LogP contribution in [0, 0.1) is 13.8 Å². The molecule has 0 spiro atoms. The van der Waals surface area contributed by atoms with E-state index in [9.17, 15) is 14.7 Å². The predicted molar refractivity (Wildman–Crippen MR) is 139 cm³/mol. The Morgan fingerprint density at radius 2 is 1.81 bits per heavy atom. The molecule has 1 amide bonds. The zero-order valence-electron chi connectivity index (χ0n) is 23.0. The molecule has 0 saturated carbocycles. The molecule has 3 rings (SSSR count). The van der Waals surface area contributed by atoms with Gasteiger partial charge in [0, 0.05) is 37.8 Å². The molecule has 0 saturated heterocycles. The van der Waals surface area contributed by atoms with Gasteiger partial charge in [-0.1, -0.05) is 20.8 Å². The fourth-order valence-electron chi connectivity index (χ4n) is 4.00. The lowest BCUT2D eigenvalue weighted by atomic mass is 9.84. The number of aliphatic hydroxyl groups is 1. The van der Waals surface area contributed by atoms with Gasteiger partial charge in [-0.15, -0.1) is 5.10 Å². The van der Waals surface area contributed by atoms with Crippen LogP contribution in [-0.4, -0.2) is 82.6 Å². The first-order valence-electron chi connectivity index (χ1n) is 12.0. The van der Waals surface area contributed by atoms with Crippen LogP contribution in [0.25, 0.3) is 5.65 Å². The Bertz CT molecular complexity index is 1410. The molecule has 1 N–H and O–H groups in total. The Labute approximate surface area is 216 Å². The lowest BCUT2D eigenvalue weighted by molar-refractivity contribution is 0.0819. The van der Waals surface area contributed by atoms with Gasteiger partial charge in [-0.25, -0.2) is 4.68 Å². The van der Waals surface area contributed by atoms with Crippen LogP contribution in [0.3, 0.4) is 0 Å². The summed E-state index contributed by atoms with van der Waals surface area (Å²) in [5.41, 5.74) is 3.50. The molecule has 2 heterocycles. The lowest BCUT2D eigenvalue weighted by Gasteiger charge is -2.25. The first kappa shape index (κ1) is 27.9. The number of methoxy groups -OCH3 is 1. The average molecular weight is 513 g/mol. The second kappa shape index (κ2) is 10.7. The maximum Gasteiger partial charge on any atom is 0.274 e. The number of aliphatic hydroxyl groups excluding tert-OH is 1. The number of carbonyl (C=O) groups excluding carboxylic acids is 2. The average Bonchev–Trinajstić information content (AvgIpc) is 3.19. The SMILES string of the molecule is CN=c1n(CC(=O)c2cc(OCCO)c(OC)c(C(C)(C)C)c2)nc2c(C)c(C)c(C(=O)N(C)C)nn12. The van der Waals surface area contributed by atoms with Crippen LogP contribution >= 0.6 is 0 Å². The number of amides is 1. The van der Waals surface area contributed by atoms with Crippen LogP contribution in [0.1, 0.15) is 58.3 Å². The number of aromatic nitrogens is 4. The van der Waals surface area contributed by atoms with Crippen molar-refractivity contribution in [1.29, 1.82) is 0 Å². The van der Waals surface area contributed by atoms with Crippen molar-refractivity contribution in [2.45, 2.75) is 46.6 Å². The van der Waals surface area contributed by atoms with Crippen molar-refractivity contribution in [3.63, 3.8) is 0 Å². The van der Waals surface area contributed by atoms with Gasteiger partial charge >= 0.3 is 0 Å². The van der Waals surface area contributed by atoms with Crippen LogP contribution in [0.5, 0.6) is 11.5 Å². The number of Topliss-reactive ketones (excluding diaryl/α,β-unsaturated/α-hetero) is 1. The predicted octanol–water partition coefficient (Wildman–Crippen LogP) is 1.94. The van der Waals surface area contributed by atoms with E-state index in [0.717, 1.165) is 11.1 Å². The fourth-order valence-corrected chi connectivity index (χ4v) is 4.00. The van der Waals surface area contributed by atoms with Crippen LogP contribution < -0.4 is 15.1 Å². The summed E-state index contributed by atoms with van der Waals surface area (Å²) in [5, 5.41) is 18.4. The lowest BCUT2D eigenvalue weighted by Crippen LogP contribution is -2.30. The molecule has 0 aliphatic rings. The fraction of sp³-hybridized carbons (Fsp3) is 0.500. The van der Waals surface area contributed by atoms with E-state index in [-0.39, 0.29) is 36.9 Å². The van der Waals surface area contributed by atoms with Gasteiger partial charge < -0.3 is 19.5 Å². The molecule has 2 aromatic heterocycles. The minimum Gasteiger partial charge on any atom is -0.493 e. The summed E-state index contributed by atoms with van der Waals surface area (Å²) in [4.78, 5) is 32.0. The van der Waals surface area contributed by atoms with Gasteiger partial charge in [0.1, 0.15) is 13.2 Å². The van der Waals surface area contributed by atoms with E-state index in [2.05, 4.69) is 15.2 Å². The molecule has 0 bridgehead atoms. The molecule has 3 aromatic rings. The van der Waals surface area contributed by atoms with E-state index in [1.807, 2.05) is 34.6 Å². The van der Waals surface area contributed by atoms with E-state index in [1.165, 1.54) is 14.1 Å². The highest BCUT2D eigenvalue weighted by atomic mass is 16.5.